The summed E-state index contributed by atoms with van der Waals surface area (Å²) in [6.45, 7) is -0.542. The lowest BCUT2D eigenvalue weighted by Gasteiger charge is -2.15. The molecule has 13 heteroatoms. The summed E-state index contributed by atoms with van der Waals surface area (Å²) in [7, 11) is 1.37. The number of amides is 1. The molecule has 0 bridgehead atoms. The minimum Gasteiger partial charge on any atom is -0.493 e. The number of para-hydroxylation sites is 2. The van der Waals surface area contributed by atoms with Crippen molar-refractivity contribution in [3.05, 3.63) is 117 Å². The number of hydrogen-bond donors (Lipinski definition) is 1. The van der Waals surface area contributed by atoms with Crippen LogP contribution in [0.3, 0.4) is 0 Å². The molecule has 224 valence electrons. The monoisotopic (exact) mass is 668 g/mol. The van der Waals surface area contributed by atoms with Crippen molar-refractivity contribution in [2.75, 3.05) is 19.0 Å². The Morgan fingerprint density at radius 2 is 1.80 bits per heavy atom. The molecular weight excluding hydrogens is 648 g/mol. The highest BCUT2D eigenvalue weighted by Crippen LogP contribution is 2.35. The highest BCUT2D eigenvalue weighted by Gasteiger charge is 2.31. The standard InChI is InChI=1S/C31H21BrF4N4O4/c1-43-26-15-21(32)14-19(28(26)44-17-27(41)38-25-12-5-3-10-23(25)33)16-37-40-29(18-7-6-8-20(13-18)31(34,35)36)39-24-11-4-2-9-22(24)30(40)42/h2-16H,17H2,1H3,(H,38,41). The number of ether oxygens (including phenoxy) is 2. The minimum atomic E-state index is -4.63. The zero-order valence-electron chi connectivity index (χ0n) is 22.7. The van der Waals surface area contributed by atoms with Gasteiger partial charge in [-0.25, -0.2) is 9.37 Å². The fourth-order valence-corrected chi connectivity index (χ4v) is 4.70. The van der Waals surface area contributed by atoms with E-state index in [9.17, 15) is 27.2 Å². The fraction of sp³-hybridized carbons (Fsp3) is 0.0968. The number of anilines is 1. The van der Waals surface area contributed by atoms with E-state index >= 15 is 0 Å². The number of fused-ring (bicyclic) bond motifs is 1. The Labute approximate surface area is 255 Å². The van der Waals surface area contributed by atoms with Gasteiger partial charge in [-0.3, -0.25) is 9.59 Å². The number of alkyl halides is 3. The van der Waals surface area contributed by atoms with Gasteiger partial charge in [0, 0.05) is 15.6 Å². The predicted octanol–water partition coefficient (Wildman–Crippen LogP) is 6.89. The molecule has 44 heavy (non-hydrogen) atoms. The van der Waals surface area contributed by atoms with Crippen LogP contribution in [0.4, 0.5) is 23.2 Å². The first-order valence-electron chi connectivity index (χ1n) is 12.8. The number of nitrogens with one attached hydrogen (secondary N) is 1. The molecule has 1 aromatic heterocycles. The van der Waals surface area contributed by atoms with E-state index in [0.717, 1.165) is 16.8 Å². The van der Waals surface area contributed by atoms with Gasteiger partial charge in [-0.1, -0.05) is 52.3 Å². The van der Waals surface area contributed by atoms with Gasteiger partial charge in [-0.2, -0.15) is 22.9 Å². The maximum atomic E-state index is 14.0. The van der Waals surface area contributed by atoms with E-state index in [1.54, 1.807) is 36.4 Å². The van der Waals surface area contributed by atoms with Gasteiger partial charge in [0.05, 0.1) is 35.5 Å². The van der Waals surface area contributed by atoms with Gasteiger partial charge in [0.1, 0.15) is 5.82 Å². The molecule has 1 amide bonds. The highest BCUT2D eigenvalue weighted by molar-refractivity contribution is 9.10. The van der Waals surface area contributed by atoms with Crippen LogP contribution in [-0.4, -0.2) is 35.5 Å². The summed E-state index contributed by atoms with van der Waals surface area (Å²) in [6.07, 6.45) is -3.40. The van der Waals surface area contributed by atoms with Gasteiger partial charge in [-0.05, 0) is 48.5 Å². The van der Waals surface area contributed by atoms with Crippen LogP contribution in [-0.2, 0) is 11.0 Å². The Morgan fingerprint density at radius 1 is 1.05 bits per heavy atom. The number of nitrogens with zero attached hydrogens (tertiary/aromatic N) is 3. The molecule has 5 rings (SSSR count). The normalized spacial score (nSPS) is 11.6. The van der Waals surface area contributed by atoms with E-state index in [0.29, 0.717) is 4.47 Å². The van der Waals surface area contributed by atoms with Gasteiger partial charge in [0.25, 0.3) is 11.5 Å². The second kappa shape index (κ2) is 12.7. The van der Waals surface area contributed by atoms with Crippen LogP contribution in [0.15, 0.2) is 99.3 Å². The van der Waals surface area contributed by atoms with Crippen molar-refractivity contribution in [2.24, 2.45) is 5.10 Å². The van der Waals surface area contributed by atoms with Crippen LogP contribution < -0.4 is 20.3 Å². The van der Waals surface area contributed by atoms with Crippen molar-refractivity contribution in [2.45, 2.75) is 6.18 Å². The van der Waals surface area contributed by atoms with E-state index in [-0.39, 0.29) is 45.0 Å². The Bertz CT molecular complexity index is 1960. The van der Waals surface area contributed by atoms with Gasteiger partial charge in [-0.15, -0.1) is 0 Å². The molecule has 0 fully saturated rings. The number of rotatable bonds is 8. The molecule has 1 heterocycles. The van der Waals surface area contributed by atoms with Crippen molar-refractivity contribution in [3.63, 3.8) is 0 Å². The van der Waals surface area contributed by atoms with E-state index in [2.05, 4.69) is 31.3 Å². The average molecular weight is 669 g/mol. The maximum Gasteiger partial charge on any atom is 0.416 e. The van der Waals surface area contributed by atoms with E-state index in [4.69, 9.17) is 9.47 Å². The maximum absolute atomic E-state index is 14.0. The Hall–Kier alpha value is -5.04. The third kappa shape index (κ3) is 6.62. The second-order valence-corrected chi connectivity index (χ2v) is 10.2. The van der Waals surface area contributed by atoms with Crippen molar-refractivity contribution >= 4 is 44.6 Å². The molecule has 8 nitrogen and oxygen atoms in total. The van der Waals surface area contributed by atoms with Gasteiger partial charge < -0.3 is 14.8 Å². The molecule has 0 atom stereocenters. The molecule has 0 unspecified atom stereocenters. The molecule has 0 spiro atoms. The lowest BCUT2D eigenvalue weighted by atomic mass is 10.1. The minimum absolute atomic E-state index is 0.00735. The summed E-state index contributed by atoms with van der Waals surface area (Å²) in [5.41, 5.74) is -1.07. The third-order valence-corrected chi connectivity index (χ3v) is 6.74. The largest absolute Gasteiger partial charge is 0.493 e. The van der Waals surface area contributed by atoms with Crippen LogP contribution >= 0.6 is 15.9 Å². The van der Waals surface area contributed by atoms with Crippen molar-refractivity contribution < 1.29 is 31.8 Å². The quantitative estimate of drug-likeness (QED) is 0.144. The number of carbonyl (C=O) groups excluding carboxylic acids is 1. The molecule has 0 aliphatic rings. The Morgan fingerprint density at radius 3 is 2.55 bits per heavy atom. The van der Waals surface area contributed by atoms with E-state index in [1.807, 2.05) is 0 Å². The number of methoxy groups -OCH3 is 1. The lowest BCUT2D eigenvalue weighted by Crippen LogP contribution is -2.22. The summed E-state index contributed by atoms with van der Waals surface area (Å²) in [4.78, 5) is 30.6. The SMILES string of the molecule is COc1cc(Br)cc(C=Nn2c(-c3cccc(C(F)(F)F)c3)nc3ccccc3c2=O)c1OCC(=O)Nc1ccccc1F. The Kier molecular flexibility index (Phi) is 8.76. The van der Waals surface area contributed by atoms with Crippen molar-refractivity contribution in [3.8, 4) is 22.9 Å². The lowest BCUT2D eigenvalue weighted by molar-refractivity contribution is -0.137. The molecule has 0 saturated heterocycles. The number of hydrogen-bond acceptors (Lipinski definition) is 6. The Balaban J connectivity index is 1.56. The number of carbonyl (C=O) groups is 1. The summed E-state index contributed by atoms with van der Waals surface area (Å²) >= 11 is 3.37. The average Bonchev–Trinajstić information content (AvgIpc) is 3.00. The highest BCUT2D eigenvalue weighted by atomic mass is 79.9. The summed E-state index contributed by atoms with van der Waals surface area (Å²) in [6, 6.07) is 19.5. The second-order valence-electron chi connectivity index (χ2n) is 9.24. The van der Waals surface area contributed by atoms with Crippen LogP contribution in [0, 0.1) is 5.82 Å². The van der Waals surface area contributed by atoms with Gasteiger partial charge >= 0.3 is 6.18 Å². The molecule has 0 radical (unpaired) electrons. The summed E-state index contributed by atoms with van der Waals surface area (Å²) in [5.74, 6) is -1.16. The zero-order valence-corrected chi connectivity index (χ0v) is 24.3. The first-order valence-corrected chi connectivity index (χ1v) is 13.6. The van der Waals surface area contributed by atoms with E-state index in [1.165, 1.54) is 49.7 Å². The molecule has 1 N–H and O–H groups in total. The first-order chi connectivity index (χ1) is 21.0. The molecule has 5 aromatic rings. The van der Waals surface area contributed by atoms with Crippen LogP contribution in [0.25, 0.3) is 22.3 Å². The number of halogens is 5. The van der Waals surface area contributed by atoms with Gasteiger partial charge in [0.2, 0.25) is 0 Å². The zero-order chi connectivity index (χ0) is 31.4. The van der Waals surface area contributed by atoms with E-state index < -0.39 is 35.6 Å². The number of aromatic nitrogens is 2. The molecule has 0 aliphatic heterocycles. The summed E-state index contributed by atoms with van der Waals surface area (Å²) < 4.78 is 67.1. The van der Waals surface area contributed by atoms with Crippen molar-refractivity contribution in [1.29, 1.82) is 0 Å². The molecule has 0 aliphatic carbocycles. The fourth-order valence-electron chi connectivity index (χ4n) is 4.25. The summed E-state index contributed by atoms with van der Waals surface area (Å²) in [5, 5.41) is 6.91. The third-order valence-electron chi connectivity index (χ3n) is 6.28. The smallest absolute Gasteiger partial charge is 0.416 e. The topological polar surface area (TPSA) is 94.8 Å². The number of benzene rings is 4. The van der Waals surface area contributed by atoms with Crippen LogP contribution in [0.5, 0.6) is 11.5 Å². The molecular formula is C31H21BrF4N4O4. The predicted molar refractivity (Wildman–Crippen MR) is 161 cm³/mol. The van der Waals surface area contributed by atoms with Gasteiger partial charge in [0.15, 0.2) is 23.9 Å². The van der Waals surface area contributed by atoms with Crippen LogP contribution in [0.1, 0.15) is 11.1 Å². The molecule has 4 aromatic carbocycles. The molecule has 0 saturated carbocycles. The first kappa shape index (κ1) is 30.4. The van der Waals surface area contributed by atoms with Crippen molar-refractivity contribution in [1.82, 2.24) is 9.66 Å². The van der Waals surface area contributed by atoms with Crippen LogP contribution in [0.2, 0.25) is 0 Å².